The monoisotopic (exact) mass is 340 g/mol. The van der Waals surface area contributed by atoms with E-state index < -0.39 is 8.07 Å². The highest BCUT2D eigenvalue weighted by molar-refractivity contribution is 6.88. The van der Waals surface area contributed by atoms with Gasteiger partial charge in [-0.25, -0.2) is 0 Å². The first-order valence-corrected chi connectivity index (χ1v) is 11.5. The van der Waals surface area contributed by atoms with Crippen molar-refractivity contribution in [2.24, 2.45) is 0 Å². The van der Waals surface area contributed by atoms with E-state index in [0.29, 0.717) is 29.0 Å². The number of ether oxygens (including phenoxy) is 1. The Labute approximate surface area is 144 Å². The molecule has 0 aliphatic rings. The van der Waals surface area contributed by atoms with Gasteiger partial charge < -0.3 is 14.9 Å². The van der Waals surface area contributed by atoms with E-state index in [-0.39, 0.29) is 13.2 Å². The van der Waals surface area contributed by atoms with Gasteiger partial charge in [0.2, 0.25) is 0 Å². The highest BCUT2D eigenvalue weighted by Crippen LogP contribution is 2.27. The Morgan fingerprint density at radius 3 is 1.96 bits per heavy atom. The lowest BCUT2D eigenvalue weighted by Gasteiger charge is -2.18. The average Bonchev–Trinajstić information content (AvgIpc) is 2.58. The van der Waals surface area contributed by atoms with Gasteiger partial charge in [-0.3, -0.25) is 0 Å². The Morgan fingerprint density at radius 1 is 1.00 bits per heavy atom. The maximum absolute atomic E-state index is 9.56. The summed E-state index contributed by atoms with van der Waals surface area (Å²) in [7, 11) is -1.31. The maximum atomic E-state index is 9.56. The van der Waals surface area contributed by atoms with E-state index in [1.807, 2.05) is 0 Å². The molecule has 0 saturated heterocycles. The van der Waals surface area contributed by atoms with E-state index >= 15 is 0 Å². The molecule has 24 heavy (non-hydrogen) atoms. The first-order chi connectivity index (χ1) is 11.4. The molecular weight excluding hydrogens is 316 g/mol. The molecule has 0 fully saturated rings. The lowest BCUT2D eigenvalue weighted by molar-refractivity contribution is 0.242. The predicted molar refractivity (Wildman–Crippen MR) is 100.0 cm³/mol. The largest absolute Gasteiger partial charge is 0.488 e. The van der Waals surface area contributed by atoms with Crippen molar-refractivity contribution in [1.82, 2.24) is 0 Å². The molecule has 2 aromatic rings. The lowest BCUT2D eigenvalue weighted by Crippen LogP contribution is -2.37. The molecule has 3 nitrogen and oxygen atoms in total. The SMILES string of the molecule is C#Cc1cc(CO)c(OCc2ccc([Si](C)(C)C)cc2)c(CO)c1. The van der Waals surface area contributed by atoms with E-state index in [9.17, 15) is 10.2 Å². The van der Waals surface area contributed by atoms with Crippen LogP contribution in [0.1, 0.15) is 22.3 Å². The molecule has 2 rings (SSSR count). The number of aliphatic hydroxyl groups is 2. The molecule has 0 unspecified atom stereocenters. The summed E-state index contributed by atoms with van der Waals surface area (Å²) < 4.78 is 5.88. The van der Waals surface area contributed by atoms with E-state index in [2.05, 4.69) is 49.8 Å². The second kappa shape index (κ2) is 7.67. The third-order valence-corrected chi connectivity index (χ3v) is 6.02. The first kappa shape index (κ1) is 18.3. The Hall–Kier alpha value is -2.06. The predicted octanol–water partition coefficient (Wildman–Crippen LogP) is 2.78. The van der Waals surface area contributed by atoms with Crippen molar-refractivity contribution in [3.8, 4) is 18.1 Å². The molecule has 0 aliphatic heterocycles. The van der Waals surface area contributed by atoms with Gasteiger partial charge in [0, 0.05) is 16.7 Å². The fourth-order valence-electron chi connectivity index (χ4n) is 2.51. The molecule has 2 N–H and O–H groups in total. The molecule has 0 aromatic heterocycles. The third kappa shape index (κ3) is 4.27. The first-order valence-electron chi connectivity index (χ1n) is 7.95. The van der Waals surface area contributed by atoms with Crippen LogP contribution in [0.5, 0.6) is 5.75 Å². The van der Waals surface area contributed by atoms with Crippen LogP contribution in [0.3, 0.4) is 0 Å². The summed E-state index contributed by atoms with van der Waals surface area (Å²) in [4.78, 5) is 0. The number of hydrogen-bond acceptors (Lipinski definition) is 3. The van der Waals surface area contributed by atoms with Crippen LogP contribution in [0, 0.1) is 12.3 Å². The minimum absolute atomic E-state index is 0.188. The fourth-order valence-corrected chi connectivity index (χ4v) is 3.68. The Morgan fingerprint density at radius 2 is 1.54 bits per heavy atom. The lowest BCUT2D eigenvalue weighted by atomic mass is 10.0. The van der Waals surface area contributed by atoms with Gasteiger partial charge in [-0.1, -0.05) is 55.0 Å². The number of terminal acetylenes is 1. The maximum Gasteiger partial charge on any atom is 0.130 e. The quantitative estimate of drug-likeness (QED) is 0.628. The fraction of sp³-hybridized carbons (Fsp3) is 0.300. The van der Waals surface area contributed by atoms with E-state index in [1.165, 1.54) is 5.19 Å². The minimum Gasteiger partial charge on any atom is -0.488 e. The van der Waals surface area contributed by atoms with Crippen LogP contribution >= 0.6 is 0 Å². The van der Waals surface area contributed by atoms with E-state index in [4.69, 9.17) is 11.2 Å². The van der Waals surface area contributed by atoms with Gasteiger partial charge in [-0.2, -0.15) is 0 Å². The van der Waals surface area contributed by atoms with Gasteiger partial charge in [0.05, 0.1) is 21.3 Å². The molecule has 0 radical (unpaired) electrons. The highest BCUT2D eigenvalue weighted by atomic mass is 28.3. The number of aliphatic hydroxyl groups excluding tert-OH is 2. The van der Waals surface area contributed by atoms with Crippen LogP contribution in [0.4, 0.5) is 0 Å². The standard InChI is InChI=1S/C20H24O3Si/c1-5-15-10-17(12-21)20(18(11-15)13-22)23-14-16-6-8-19(9-7-16)24(2,3)4/h1,6-11,21-22H,12-14H2,2-4H3. The molecule has 0 spiro atoms. The van der Waals surface area contributed by atoms with Crippen molar-refractivity contribution in [2.45, 2.75) is 39.5 Å². The molecular formula is C20H24O3Si. The zero-order chi connectivity index (χ0) is 17.7. The van der Waals surface area contributed by atoms with Crippen LogP contribution in [-0.4, -0.2) is 18.3 Å². The van der Waals surface area contributed by atoms with E-state index in [0.717, 1.165) is 5.56 Å². The molecule has 0 aliphatic carbocycles. The van der Waals surface area contributed by atoms with Crippen LogP contribution in [0.2, 0.25) is 19.6 Å². The second-order valence-corrected chi connectivity index (χ2v) is 11.9. The summed E-state index contributed by atoms with van der Waals surface area (Å²) in [6, 6.07) is 11.9. The molecule has 0 bridgehead atoms. The Balaban J connectivity index is 2.21. The molecule has 4 heteroatoms. The number of hydrogen-bond donors (Lipinski definition) is 2. The molecule has 0 atom stereocenters. The van der Waals surface area contributed by atoms with Crippen molar-refractivity contribution in [3.63, 3.8) is 0 Å². The molecule has 0 heterocycles. The molecule has 126 valence electrons. The Kier molecular flexibility index (Phi) is 5.84. The minimum atomic E-state index is -1.31. The number of benzene rings is 2. The normalized spacial score (nSPS) is 11.2. The van der Waals surface area contributed by atoms with Crippen LogP contribution in [0.25, 0.3) is 0 Å². The van der Waals surface area contributed by atoms with Crippen LogP contribution in [0.15, 0.2) is 36.4 Å². The summed E-state index contributed by atoms with van der Waals surface area (Å²) in [5, 5.41) is 20.5. The van der Waals surface area contributed by atoms with Gasteiger partial charge in [0.25, 0.3) is 0 Å². The summed E-state index contributed by atoms with van der Waals surface area (Å²) in [6.45, 7) is 6.94. The van der Waals surface area contributed by atoms with Crippen molar-refractivity contribution in [2.75, 3.05) is 0 Å². The van der Waals surface area contributed by atoms with Crippen molar-refractivity contribution in [1.29, 1.82) is 0 Å². The number of rotatable bonds is 6. The van der Waals surface area contributed by atoms with Crippen molar-refractivity contribution < 1.29 is 14.9 Å². The Bertz CT molecular complexity index is 712. The summed E-state index contributed by atoms with van der Waals surface area (Å²) in [6.07, 6.45) is 5.41. The second-order valence-electron chi connectivity index (χ2n) is 6.82. The third-order valence-electron chi connectivity index (χ3n) is 3.95. The van der Waals surface area contributed by atoms with Crippen molar-refractivity contribution in [3.05, 3.63) is 58.7 Å². The van der Waals surface area contributed by atoms with Gasteiger partial charge in [-0.15, -0.1) is 6.42 Å². The molecule has 0 amide bonds. The smallest absolute Gasteiger partial charge is 0.130 e. The summed E-state index contributed by atoms with van der Waals surface area (Å²) >= 11 is 0. The summed E-state index contributed by atoms with van der Waals surface area (Å²) in [5.74, 6) is 3.03. The zero-order valence-electron chi connectivity index (χ0n) is 14.5. The topological polar surface area (TPSA) is 49.7 Å². The van der Waals surface area contributed by atoms with E-state index in [1.54, 1.807) is 12.1 Å². The summed E-state index contributed by atoms with van der Waals surface area (Å²) in [5.41, 5.74) is 2.85. The zero-order valence-corrected chi connectivity index (χ0v) is 15.5. The van der Waals surface area contributed by atoms with Crippen LogP contribution in [-0.2, 0) is 19.8 Å². The van der Waals surface area contributed by atoms with Gasteiger partial charge >= 0.3 is 0 Å². The average molecular weight is 340 g/mol. The van der Waals surface area contributed by atoms with Crippen LogP contribution < -0.4 is 9.92 Å². The molecule has 0 saturated carbocycles. The van der Waals surface area contributed by atoms with Gasteiger partial charge in [0.1, 0.15) is 12.4 Å². The van der Waals surface area contributed by atoms with Gasteiger partial charge in [-0.05, 0) is 17.7 Å². The van der Waals surface area contributed by atoms with Crippen molar-refractivity contribution >= 4 is 13.3 Å². The highest BCUT2D eigenvalue weighted by Gasteiger charge is 2.16. The van der Waals surface area contributed by atoms with Gasteiger partial charge in [0.15, 0.2) is 0 Å². The molecule has 2 aromatic carbocycles.